The lowest BCUT2D eigenvalue weighted by atomic mass is 10.1. The number of imidazole rings is 1. The van der Waals surface area contributed by atoms with Gasteiger partial charge in [-0.25, -0.2) is 14.4 Å². The summed E-state index contributed by atoms with van der Waals surface area (Å²) >= 11 is 0. The molecule has 1 aliphatic heterocycles. The van der Waals surface area contributed by atoms with Gasteiger partial charge in [-0.3, -0.25) is 15.0 Å². The van der Waals surface area contributed by atoms with Crippen LogP contribution in [0.3, 0.4) is 0 Å². The van der Waals surface area contributed by atoms with Gasteiger partial charge in [-0.2, -0.15) is 0 Å². The van der Waals surface area contributed by atoms with Crippen molar-refractivity contribution in [1.82, 2.24) is 14.5 Å². The number of fused-ring (bicyclic) bond motifs is 2. The Labute approximate surface area is 183 Å². The highest BCUT2D eigenvalue weighted by Gasteiger charge is 2.20. The van der Waals surface area contributed by atoms with Crippen LogP contribution in [-0.2, 0) is 4.74 Å². The van der Waals surface area contributed by atoms with Crippen LogP contribution in [0.2, 0.25) is 0 Å². The van der Waals surface area contributed by atoms with Gasteiger partial charge in [0.25, 0.3) is 0 Å². The van der Waals surface area contributed by atoms with E-state index in [-0.39, 0.29) is 11.7 Å². The molecule has 8 nitrogen and oxygen atoms in total. The summed E-state index contributed by atoms with van der Waals surface area (Å²) in [5.74, 6) is 0.646. The standard InChI is InChI=1S/C23H22FN7O/c1-14-29-22-18(23(26)28-13-25)11-16(30-6-8-32-9-7-30)12-21(22)31(14)20-4-5-27-19-10-15(24)2-3-17(19)20/h2-5,10-13H,6-9H2,1H3,(H3,25,26,28). The van der Waals surface area contributed by atoms with Crippen LogP contribution in [0.1, 0.15) is 11.4 Å². The molecule has 0 atom stereocenters. The van der Waals surface area contributed by atoms with Crippen molar-refractivity contribution in [3.05, 3.63) is 59.8 Å². The normalized spacial score (nSPS) is 14.9. The summed E-state index contributed by atoms with van der Waals surface area (Å²) < 4.78 is 21.3. The van der Waals surface area contributed by atoms with E-state index in [1.54, 1.807) is 12.3 Å². The number of aliphatic imine (C=N–C) groups is 1. The van der Waals surface area contributed by atoms with Crippen LogP contribution in [0, 0.1) is 18.2 Å². The molecule has 2 aromatic carbocycles. The average molecular weight is 431 g/mol. The first-order valence-corrected chi connectivity index (χ1v) is 10.3. The third-order valence-corrected chi connectivity index (χ3v) is 5.69. The Bertz CT molecular complexity index is 1370. The number of anilines is 1. The molecule has 0 bridgehead atoms. The lowest BCUT2D eigenvalue weighted by molar-refractivity contribution is 0.122. The Balaban J connectivity index is 1.81. The second-order valence-corrected chi connectivity index (χ2v) is 7.59. The zero-order valence-corrected chi connectivity index (χ0v) is 17.5. The zero-order valence-electron chi connectivity index (χ0n) is 17.5. The number of nitrogens with two attached hydrogens (primary N) is 1. The minimum Gasteiger partial charge on any atom is -0.383 e. The number of aromatic nitrogens is 3. The second kappa shape index (κ2) is 8.01. The van der Waals surface area contributed by atoms with Gasteiger partial charge in [-0.15, -0.1) is 0 Å². The molecular weight excluding hydrogens is 409 g/mol. The molecule has 1 saturated heterocycles. The van der Waals surface area contributed by atoms with E-state index in [0.29, 0.717) is 29.8 Å². The van der Waals surface area contributed by atoms with Crippen molar-refractivity contribution in [3.63, 3.8) is 0 Å². The number of halogens is 1. The van der Waals surface area contributed by atoms with Gasteiger partial charge in [-0.1, -0.05) is 0 Å². The molecule has 0 saturated carbocycles. The van der Waals surface area contributed by atoms with Crippen LogP contribution in [0.4, 0.5) is 10.1 Å². The van der Waals surface area contributed by atoms with E-state index in [2.05, 4.69) is 20.9 Å². The third-order valence-electron chi connectivity index (χ3n) is 5.69. The summed E-state index contributed by atoms with van der Waals surface area (Å²) in [7, 11) is 0. The number of nitrogens with zero attached hydrogens (tertiary/aromatic N) is 5. The molecule has 0 amide bonds. The summed E-state index contributed by atoms with van der Waals surface area (Å²) in [6, 6.07) is 10.5. The van der Waals surface area contributed by atoms with Crippen LogP contribution in [0.25, 0.3) is 27.6 Å². The van der Waals surface area contributed by atoms with Crippen molar-refractivity contribution in [1.29, 1.82) is 5.41 Å². The molecule has 0 spiro atoms. The number of amidine groups is 1. The topological polar surface area (TPSA) is 105 Å². The SMILES string of the molecule is Cc1nc2c(C(N)=NC=N)cc(N3CCOCC3)cc2n1-c1ccnc2cc(F)ccc12. The number of aryl methyl sites for hydroxylation is 1. The van der Waals surface area contributed by atoms with Crippen LogP contribution in [0.15, 0.2) is 47.6 Å². The fourth-order valence-electron chi connectivity index (χ4n) is 4.22. The molecular formula is C23H22FN7O. The molecule has 3 heterocycles. The van der Waals surface area contributed by atoms with E-state index in [9.17, 15) is 4.39 Å². The van der Waals surface area contributed by atoms with E-state index in [1.807, 2.05) is 23.6 Å². The van der Waals surface area contributed by atoms with Crippen LogP contribution < -0.4 is 10.6 Å². The summed E-state index contributed by atoms with van der Waals surface area (Å²) in [6.45, 7) is 4.73. The maximum Gasteiger partial charge on any atom is 0.134 e. The number of nitrogens with one attached hydrogen (secondary N) is 1. The smallest absolute Gasteiger partial charge is 0.134 e. The molecule has 1 fully saturated rings. The lowest BCUT2D eigenvalue weighted by Gasteiger charge is -2.29. The number of hydrogen-bond acceptors (Lipinski definition) is 5. The average Bonchev–Trinajstić information content (AvgIpc) is 3.14. The van der Waals surface area contributed by atoms with Gasteiger partial charge < -0.3 is 15.4 Å². The summed E-state index contributed by atoms with van der Waals surface area (Å²) in [5, 5.41) is 8.16. The predicted molar refractivity (Wildman–Crippen MR) is 124 cm³/mol. The molecule has 4 aromatic rings. The fourth-order valence-corrected chi connectivity index (χ4v) is 4.22. The van der Waals surface area contributed by atoms with E-state index in [4.69, 9.17) is 20.9 Å². The van der Waals surface area contributed by atoms with Gasteiger partial charge in [0, 0.05) is 42.0 Å². The Morgan fingerprint density at radius 1 is 1.22 bits per heavy atom. The maximum atomic E-state index is 13.8. The Morgan fingerprint density at radius 2 is 2.03 bits per heavy atom. The largest absolute Gasteiger partial charge is 0.383 e. The number of ether oxygens (including phenoxy) is 1. The van der Waals surface area contributed by atoms with Crippen molar-refractivity contribution in [3.8, 4) is 5.69 Å². The Hall–Kier alpha value is -3.85. The van der Waals surface area contributed by atoms with Crippen molar-refractivity contribution >= 4 is 39.8 Å². The molecule has 3 N–H and O–H groups in total. The number of hydrogen-bond donors (Lipinski definition) is 2. The first-order valence-electron chi connectivity index (χ1n) is 10.3. The van der Waals surface area contributed by atoms with Gasteiger partial charge in [0.2, 0.25) is 0 Å². The van der Waals surface area contributed by atoms with Crippen molar-refractivity contribution in [2.75, 3.05) is 31.2 Å². The van der Waals surface area contributed by atoms with Crippen molar-refractivity contribution in [2.45, 2.75) is 6.92 Å². The first-order chi connectivity index (χ1) is 15.6. The van der Waals surface area contributed by atoms with Gasteiger partial charge in [0.05, 0.1) is 29.9 Å². The van der Waals surface area contributed by atoms with Gasteiger partial charge >= 0.3 is 0 Å². The minimum absolute atomic E-state index is 0.228. The number of benzene rings is 2. The lowest BCUT2D eigenvalue weighted by Crippen LogP contribution is -2.36. The summed E-state index contributed by atoms with van der Waals surface area (Å²) in [4.78, 5) is 15.3. The Kier molecular flexibility index (Phi) is 5.02. The summed E-state index contributed by atoms with van der Waals surface area (Å²) in [5.41, 5.74) is 10.8. The maximum absolute atomic E-state index is 13.8. The van der Waals surface area contributed by atoms with Gasteiger partial charge in [0.1, 0.15) is 29.3 Å². The monoisotopic (exact) mass is 431 g/mol. The number of rotatable bonds is 4. The highest BCUT2D eigenvalue weighted by atomic mass is 19.1. The molecule has 0 unspecified atom stereocenters. The van der Waals surface area contributed by atoms with E-state index >= 15 is 0 Å². The number of morpholine rings is 1. The third kappa shape index (κ3) is 3.36. The van der Waals surface area contributed by atoms with Crippen molar-refractivity contribution < 1.29 is 9.13 Å². The molecule has 0 radical (unpaired) electrons. The molecule has 5 rings (SSSR count). The highest BCUT2D eigenvalue weighted by Crippen LogP contribution is 2.32. The molecule has 162 valence electrons. The van der Waals surface area contributed by atoms with Gasteiger partial charge in [-0.05, 0) is 37.3 Å². The van der Waals surface area contributed by atoms with Crippen molar-refractivity contribution in [2.24, 2.45) is 10.7 Å². The van der Waals surface area contributed by atoms with Gasteiger partial charge in [0.15, 0.2) is 0 Å². The van der Waals surface area contributed by atoms with E-state index in [0.717, 1.165) is 47.5 Å². The molecule has 9 heteroatoms. The molecule has 1 aliphatic rings. The summed E-state index contributed by atoms with van der Waals surface area (Å²) in [6.07, 6.45) is 2.59. The highest BCUT2D eigenvalue weighted by molar-refractivity contribution is 6.11. The van der Waals surface area contributed by atoms with Crippen LogP contribution >= 0.6 is 0 Å². The quantitative estimate of drug-likeness (QED) is 0.381. The first kappa shape index (κ1) is 20.1. The zero-order chi connectivity index (χ0) is 22.2. The molecule has 32 heavy (non-hydrogen) atoms. The van der Waals surface area contributed by atoms with Crippen LogP contribution in [0.5, 0.6) is 0 Å². The fraction of sp³-hybridized carbons (Fsp3) is 0.217. The van der Waals surface area contributed by atoms with E-state index in [1.165, 1.54) is 12.1 Å². The molecule has 0 aliphatic carbocycles. The second-order valence-electron chi connectivity index (χ2n) is 7.59. The van der Waals surface area contributed by atoms with Crippen LogP contribution in [-0.4, -0.2) is 53.0 Å². The molecule has 2 aromatic heterocycles. The van der Waals surface area contributed by atoms with E-state index < -0.39 is 0 Å². The Morgan fingerprint density at radius 3 is 2.81 bits per heavy atom. The predicted octanol–water partition coefficient (Wildman–Crippen LogP) is 3.17. The number of pyridine rings is 1. The minimum atomic E-state index is -0.332.